The molecule has 0 radical (unpaired) electrons. The van der Waals surface area contributed by atoms with Crippen LogP contribution < -0.4 is 5.32 Å². The van der Waals surface area contributed by atoms with Gasteiger partial charge in [-0.2, -0.15) is 0 Å². The minimum atomic E-state index is -1.03. The number of allylic oxidation sites excluding steroid dienone is 3. The van der Waals surface area contributed by atoms with Gasteiger partial charge in [-0.1, -0.05) is 116 Å². The Hall–Kier alpha value is -2.11. The van der Waals surface area contributed by atoms with Crippen LogP contribution in [0.4, 0.5) is 0 Å². The average Bonchev–Trinajstić information content (AvgIpc) is 2.91. The van der Waals surface area contributed by atoms with E-state index in [0.29, 0.717) is 12.8 Å². The summed E-state index contributed by atoms with van der Waals surface area (Å²) in [6.07, 6.45) is 31.6. The third-order valence-electron chi connectivity index (χ3n) is 6.86. The van der Waals surface area contributed by atoms with Gasteiger partial charge in [-0.15, -0.1) is 0 Å². The van der Waals surface area contributed by atoms with Crippen molar-refractivity contribution < 1.29 is 24.2 Å². The first-order valence-electron chi connectivity index (χ1n) is 16.0. The van der Waals surface area contributed by atoms with Crippen molar-refractivity contribution in [1.82, 2.24) is 5.32 Å². The smallest absolute Gasteiger partial charge is 0.322 e. The van der Waals surface area contributed by atoms with E-state index in [9.17, 15) is 14.4 Å². The number of carboxylic acid groups (broad SMARTS) is 1. The maximum atomic E-state index is 12.5. The Balaban J connectivity index is 4.27. The Morgan fingerprint density at radius 2 is 1.26 bits per heavy atom. The lowest BCUT2D eigenvalue weighted by Crippen LogP contribution is -2.28. The number of hydrogen-bond acceptors (Lipinski definition) is 4. The molecule has 0 aromatic rings. The van der Waals surface area contributed by atoms with Gasteiger partial charge in [0.2, 0.25) is 5.91 Å². The molecule has 0 rings (SSSR count). The van der Waals surface area contributed by atoms with Crippen LogP contribution in [0, 0.1) is 0 Å². The number of carbonyl (C=O) groups is 3. The largest absolute Gasteiger partial charge is 0.480 e. The number of nitrogens with one attached hydrogen (secondary N) is 1. The van der Waals surface area contributed by atoms with E-state index < -0.39 is 5.97 Å². The second-order valence-corrected chi connectivity index (χ2v) is 10.7. The first-order chi connectivity index (χ1) is 19.0. The van der Waals surface area contributed by atoms with Crippen LogP contribution in [0.3, 0.4) is 0 Å². The molecule has 0 aliphatic heterocycles. The van der Waals surface area contributed by atoms with Gasteiger partial charge in [-0.05, 0) is 51.0 Å². The Labute approximate surface area is 239 Å². The van der Waals surface area contributed by atoms with E-state index in [-0.39, 0.29) is 24.5 Å². The molecule has 39 heavy (non-hydrogen) atoms. The lowest BCUT2D eigenvalue weighted by Gasteiger charge is -2.14. The van der Waals surface area contributed by atoms with Gasteiger partial charge in [-0.3, -0.25) is 14.4 Å². The maximum absolute atomic E-state index is 12.5. The molecule has 0 aromatic heterocycles. The van der Waals surface area contributed by atoms with E-state index in [1.165, 1.54) is 70.6 Å². The van der Waals surface area contributed by atoms with E-state index in [4.69, 9.17) is 9.84 Å². The number of carboxylic acids is 1. The number of rotatable bonds is 28. The molecule has 0 saturated heterocycles. The van der Waals surface area contributed by atoms with Crippen molar-refractivity contribution in [3.63, 3.8) is 0 Å². The van der Waals surface area contributed by atoms with Crippen molar-refractivity contribution in [2.45, 2.75) is 161 Å². The van der Waals surface area contributed by atoms with Crippen molar-refractivity contribution in [3.05, 3.63) is 24.3 Å². The van der Waals surface area contributed by atoms with Crippen LogP contribution in [-0.2, 0) is 19.1 Å². The first kappa shape index (κ1) is 36.9. The predicted octanol–water partition coefficient (Wildman–Crippen LogP) is 8.83. The van der Waals surface area contributed by atoms with Crippen LogP contribution in [0.5, 0.6) is 0 Å². The lowest BCUT2D eigenvalue weighted by atomic mass is 10.1. The van der Waals surface area contributed by atoms with Gasteiger partial charge in [0.05, 0.1) is 0 Å². The van der Waals surface area contributed by atoms with Gasteiger partial charge in [-0.25, -0.2) is 0 Å². The summed E-state index contributed by atoms with van der Waals surface area (Å²) in [4.78, 5) is 34.6. The summed E-state index contributed by atoms with van der Waals surface area (Å²) in [6, 6.07) is 0. The molecule has 6 nitrogen and oxygen atoms in total. The fraction of sp³-hybridized carbons (Fsp3) is 0.788. The number of aliphatic carboxylic acids is 1. The number of ether oxygens (including phenoxy) is 1. The molecule has 0 saturated carbocycles. The number of amides is 1. The zero-order valence-corrected chi connectivity index (χ0v) is 25.2. The molecule has 0 aliphatic rings. The molecule has 0 heterocycles. The number of hydrogen-bond donors (Lipinski definition) is 2. The molecular formula is C33H59NO5. The molecular weight excluding hydrogens is 490 g/mol. The third kappa shape index (κ3) is 28.7. The van der Waals surface area contributed by atoms with Gasteiger partial charge in [0, 0.05) is 12.8 Å². The van der Waals surface area contributed by atoms with Gasteiger partial charge >= 0.3 is 11.9 Å². The highest BCUT2D eigenvalue weighted by atomic mass is 16.5. The molecule has 2 N–H and O–H groups in total. The predicted molar refractivity (Wildman–Crippen MR) is 162 cm³/mol. The van der Waals surface area contributed by atoms with E-state index in [1.807, 2.05) is 6.08 Å². The Morgan fingerprint density at radius 3 is 1.90 bits per heavy atom. The van der Waals surface area contributed by atoms with Crippen LogP contribution in [0.1, 0.15) is 155 Å². The molecule has 1 atom stereocenters. The van der Waals surface area contributed by atoms with Crippen molar-refractivity contribution in [2.24, 2.45) is 0 Å². The number of esters is 1. The summed E-state index contributed by atoms with van der Waals surface area (Å²) in [7, 11) is 0. The molecule has 6 heteroatoms. The van der Waals surface area contributed by atoms with Gasteiger partial charge < -0.3 is 15.2 Å². The Kier molecular flexibility index (Phi) is 27.3. The Bertz CT molecular complexity index is 658. The Morgan fingerprint density at radius 1 is 0.692 bits per heavy atom. The molecule has 0 bridgehead atoms. The number of unbranched alkanes of at least 4 members (excludes halogenated alkanes) is 15. The fourth-order valence-electron chi connectivity index (χ4n) is 4.46. The van der Waals surface area contributed by atoms with Crippen LogP contribution in [0.15, 0.2) is 24.3 Å². The van der Waals surface area contributed by atoms with E-state index in [1.54, 1.807) is 0 Å². The molecule has 0 spiro atoms. The summed E-state index contributed by atoms with van der Waals surface area (Å²) < 4.78 is 5.82. The molecule has 226 valence electrons. The lowest BCUT2D eigenvalue weighted by molar-refractivity contribution is -0.147. The molecule has 0 aliphatic carbocycles. The highest BCUT2D eigenvalue weighted by Crippen LogP contribution is 2.15. The zero-order valence-electron chi connectivity index (χ0n) is 25.2. The minimum absolute atomic E-state index is 0.102. The SMILES string of the molecule is CCCCC/C=C\C/C=C\C(CCCCCCC(=O)NCC(=O)O)OC(=O)CCCCCCCCCCCC. The second-order valence-electron chi connectivity index (χ2n) is 10.7. The summed E-state index contributed by atoms with van der Waals surface area (Å²) in [5.74, 6) is -1.35. The van der Waals surface area contributed by atoms with Crippen molar-refractivity contribution >= 4 is 17.8 Å². The van der Waals surface area contributed by atoms with Crippen LogP contribution in [-0.4, -0.2) is 35.6 Å². The molecule has 1 unspecified atom stereocenters. The summed E-state index contributed by atoms with van der Waals surface area (Å²) >= 11 is 0. The molecule has 0 aromatic carbocycles. The van der Waals surface area contributed by atoms with Crippen molar-refractivity contribution in [2.75, 3.05) is 6.54 Å². The molecule has 1 amide bonds. The summed E-state index contributed by atoms with van der Waals surface area (Å²) in [5.41, 5.74) is 0. The van der Waals surface area contributed by atoms with Gasteiger partial charge in [0.1, 0.15) is 12.6 Å². The van der Waals surface area contributed by atoms with Crippen molar-refractivity contribution in [3.8, 4) is 0 Å². The number of carbonyl (C=O) groups excluding carboxylic acids is 2. The maximum Gasteiger partial charge on any atom is 0.322 e. The monoisotopic (exact) mass is 549 g/mol. The van der Waals surface area contributed by atoms with Gasteiger partial charge in [0.25, 0.3) is 0 Å². The topological polar surface area (TPSA) is 92.7 Å². The van der Waals surface area contributed by atoms with E-state index in [0.717, 1.165) is 57.8 Å². The minimum Gasteiger partial charge on any atom is -0.480 e. The normalized spacial score (nSPS) is 12.3. The fourth-order valence-corrected chi connectivity index (χ4v) is 4.46. The quantitative estimate of drug-likeness (QED) is 0.0578. The van der Waals surface area contributed by atoms with E-state index >= 15 is 0 Å². The summed E-state index contributed by atoms with van der Waals surface area (Å²) in [6.45, 7) is 4.13. The highest BCUT2D eigenvalue weighted by molar-refractivity contribution is 5.80. The van der Waals surface area contributed by atoms with E-state index in [2.05, 4.69) is 37.4 Å². The third-order valence-corrected chi connectivity index (χ3v) is 6.86. The van der Waals surface area contributed by atoms with Crippen LogP contribution >= 0.6 is 0 Å². The highest BCUT2D eigenvalue weighted by Gasteiger charge is 2.11. The van der Waals surface area contributed by atoms with Gasteiger partial charge in [0.15, 0.2) is 0 Å². The standard InChI is InChI=1S/C33H59NO5/c1-3-5-7-9-11-13-14-16-18-24-28-33(38)39-30(25-21-17-15-12-10-8-6-4-2)26-22-19-20-23-27-31(35)34-29-32(36)37/h12,15,21,25,30H,3-11,13-14,16-20,22-24,26-29H2,1-2H3,(H,34,35)(H,36,37)/b15-12-,25-21-. The summed E-state index contributed by atoms with van der Waals surface area (Å²) in [5, 5.41) is 11.0. The van der Waals surface area contributed by atoms with Crippen LogP contribution in [0.25, 0.3) is 0 Å². The van der Waals surface area contributed by atoms with Crippen LogP contribution in [0.2, 0.25) is 0 Å². The second kappa shape index (κ2) is 28.9. The molecule has 0 fully saturated rings. The first-order valence-corrected chi connectivity index (χ1v) is 16.0. The zero-order chi connectivity index (χ0) is 28.8. The van der Waals surface area contributed by atoms with Crippen molar-refractivity contribution in [1.29, 1.82) is 0 Å². The average molecular weight is 550 g/mol.